The van der Waals surface area contributed by atoms with Gasteiger partial charge in [0.1, 0.15) is 5.75 Å². The Labute approximate surface area is 162 Å². The Morgan fingerprint density at radius 2 is 2.07 bits per heavy atom. The Kier molecular flexibility index (Phi) is 5.06. The molecule has 8 heteroatoms. The Morgan fingerprint density at radius 3 is 2.86 bits per heavy atom. The Hall–Kier alpha value is -3.60. The summed E-state index contributed by atoms with van der Waals surface area (Å²) in [6.45, 7) is 1.34. The highest BCUT2D eigenvalue weighted by molar-refractivity contribution is 5.78. The minimum Gasteiger partial charge on any atom is -0.410 e. The SMILES string of the molecule is Nc1nc(C#CCC2CCN(C(=O)Oc3ccccc3)CC2)nc2[nH+]c[nH]c12. The highest BCUT2D eigenvalue weighted by Gasteiger charge is 2.23. The maximum atomic E-state index is 12.2. The van der Waals surface area contributed by atoms with Gasteiger partial charge in [-0.15, -0.1) is 0 Å². The summed E-state index contributed by atoms with van der Waals surface area (Å²) >= 11 is 0. The molecule has 0 aliphatic carbocycles. The molecule has 0 spiro atoms. The fourth-order valence-electron chi connectivity index (χ4n) is 3.21. The molecule has 8 nitrogen and oxygen atoms in total. The van der Waals surface area contributed by atoms with E-state index in [0.717, 1.165) is 19.3 Å². The molecular formula is C20H21N6O2+. The number of carbonyl (C=O) groups is 1. The molecule has 1 fully saturated rings. The van der Waals surface area contributed by atoms with Crippen molar-refractivity contribution in [3.05, 3.63) is 42.5 Å². The van der Waals surface area contributed by atoms with Crippen LogP contribution in [0, 0.1) is 17.8 Å². The second-order valence-electron chi connectivity index (χ2n) is 6.71. The Morgan fingerprint density at radius 1 is 1.29 bits per heavy atom. The smallest absolute Gasteiger partial charge is 0.410 e. The van der Waals surface area contributed by atoms with Crippen LogP contribution in [0.3, 0.4) is 0 Å². The molecule has 4 rings (SSSR count). The van der Waals surface area contributed by atoms with E-state index in [1.165, 1.54) is 0 Å². The van der Waals surface area contributed by atoms with Crippen molar-refractivity contribution in [2.75, 3.05) is 18.8 Å². The second-order valence-corrected chi connectivity index (χ2v) is 6.71. The standard InChI is InChI=1S/C20H20N6O2/c21-18-17-19(23-13-22-17)25-16(24-18)8-4-5-14-9-11-26(12-10-14)20(27)28-15-6-2-1-3-7-15/h1-3,6-7,13-14H,5,9-12H2,(H3,21,22,23,24,25)/p+1. The van der Waals surface area contributed by atoms with Crippen LogP contribution >= 0.6 is 0 Å². The van der Waals surface area contributed by atoms with Gasteiger partial charge in [-0.3, -0.25) is 4.98 Å². The highest BCUT2D eigenvalue weighted by Crippen LogP contribution is 2.21. The summed E-state index contributed by atoms with van der Waals surface area (Å²) in [5.41, 5.74) is 7.22. The molecule has 3 aromatic rings. The van der Waals surface area contributed by atoms with Crippen molar-refractivity contribution < 1.29 is 14.5 Å². The first-order chi connectivity index (χ1) is 13.7. The molecule has 2 aromatic heterocycles. The average Bonchev–Trinajstić information content (AvgIpc) is 3.19. The van der Waals surface area contributed by atoms with Crippen LogP contribution in [0.1, 0.15) is 25.1 Å². The molecule has 1 aliphatic heterocycles. The lowest BCUT2D eigenvalue weighted by molar-refractivity contribution is -0.347. The van der Waals surface area contributed by atoms with Crippen LogP contribution in [-0.2, 0) is 0 Å². The van der Waals surface area contributed by atoms with Crippen molar-refractivity contribution in [3.63, 3.8) is 0 Å². The van der Waals surface area contributed by atoms with Gasteiger partial charge in [-0.25, -0.2) is 9.78 Å². The largest absolute Gasteiger partial charge is 0.415 e. The number of ether oxygens (including phenoxy) is 1. The summed E-state index contributed by atoms with van der Waals surface area (Å²) in [5.74, 6) is 7.93. The van der Waals surface area contributed by atoms with Crippen molar-refractivity contribution in [2.45, 2.75) is 19.3 Å². The van der Waals surface area contributed by atoms with Crippen molar-refractivity contribution in [2.24, 2.45) is 5.92 Å². The quantitative estimate of drug-likeness (QED) is 0.664. The number of aromatic amines is 2. The van der Waals surface area contributed by atoms with Crippen molar-refractivity contribution in [1.82, 2.24) is 19.9 Å². The van der Waals surface area contributed by atoms with Gasteiger partial charge >= 0.3 is 11.7 Å². The van der Waals surface area contributed by atoms with Gasteiger partial charge in [0.15, 0.2) is 12.1 Å². The van der Waals surface area contributed by atoms with Gasteiger partial charge in [0.2, 0.25) is 5.52 Å². The zero-order valence-corrected chi connectivity index (χ0v) is 15.3. The van der Waals surface area contributed by atoms with Crippen molar-refractivity contribution in [1.29, 1.82) is 0 Å². The number of aromatic nitrogens is 4. The fraction of sp³-hybridized carbons (Fsp3) is 0.300. The van der Waals surface area contributed by atoms with E-state index in [1.807, 2.05) is 18.2 Å². The summed E-state index contributed by atoms with van der Waals surface area (Å²) in [6.07, 6.45) is 3.89. The molecule has 28 heavy (non-hydrogen) atoms. The predicted octanol–water partition coefficient (Wildman–Crippen LogP) is 2.01. The summed E-state index contributed by atoms with van der Waals surface area (Å²) in [4.78, 5) is 28.4. The van der Waals surface area contributed by atoms with Crippen LogP contribution in [0.15, 0.2) is 36.7 Å². The molecule has 0 unspecified atom stereocenters. The van der Waals surface area contributed by atoms with Crippen LogP contribution in [0.4, 0.5) is 10.6 Å². The van der Waals surface area contributed by atoms with Crippen molar-refractivity contribution in [3.8, 4) is 17.6 Å². The van der Waals surface area contributed by atoms with E-state index in [2.05, 4.69) is 31.8 Å². The number of fused-ring (bicyclic) bond motifs is 1. The normalized spacial score (nSPS) is 14.5. The van der Waals surface area contributed by atoms with E-state index in [0.29, 0.717) is 47.6 Å². The predicted molar refractivity (Wildman–Crippen MR) is 103 cm³/mol. The van der Waals surface area contributed by atoms with E-state index in [4.69, 9.17) is 10.5 Å². The molecule has 0 radical (unpaired) electrons. The minimum absolute atomic E-state index is 0.296. The van der Waals surface area contributed by atoms with Crippen LogP contribution in [0.5, 0.6) is 5.75 Å². The van der Waals surface area contributed by atoms with Crippen molar-refractivity contribution >= 4 is 23.1 Å². The fourth-order valence-corrected chi connectivity index (χ4v) is 3.21. The van der Waals surface area contributed by atoms with E-state index in [9.17, 15) is 4.79 Å². The number of rotatable bonds is 2. The number of likely N-dealkylation sites (tertiary alicyclic amines) is 1. The lowest BCUT2D eigenvalue weighted by Crippen LogP contribution is -2.40. The number of nitrogens with two attached hydrogens (primary N) is 1. The van der Waals surface area contributed by atoms with E-state index in [-0.39, 0.29) is 6.09 Å². The highest BCUT2D eigenvalue weighted by atomic mass is 16.6. The molecule has 1 aliphatic rings. The molecule has 1 amide bonds. The van der Waals surface area contributed by atoms with E-state index >= 15 is 0 Å². The minimum atomic E-state index is -0.296. The summed E-state index contributed by atoms with van der Waals surface area (Å²) in [7, 11) is 0. The van der Waals surface area contributed by atoms with E-state index in [1.54, 1.807) is 23.4 Å². The number of nitrogens with zero attached hydrogens (tertiary/aromatic N) is 3. The zero-order chi connectivity index (χ0) is 19.3. The molecule has 4 N–H and O–H groups in total. The molecule has 142 valence electrons. The number of nitrogens with one attached hydrogen (secondary N) is 2. The van der Waals surface area contributed by atoms with Gasteiger partial charge in [0, 0.05) is 19.5 Å². The third-order valence-electron chi connectivity index (χ3n) is 4.77. The molecule has 1 saturated heterocycles. The summed E-state index contributed by atoms with van der Waals surface area (Å²) in [6, 6.07) is 9.13. The first kappa shape index (κ1) is 17.8. The lowest BCUT2D eigenvalue weighted by atomic mass is 9.94. The van der Waals surface area contributed by atoms with Crippen LogP contribution in [0.25, 0.3) is 11.2 Å². The van der Waals surface area contributed by atoms with Gasteiger partial charge in [-0.05, 0) is 36.8 Å². The molecule has 0 atom stereocenters. The van der Waals surface area contributed by atoms with Gasteiger partial charge < -0.3 is 15.4 Å². The molecule has 0 bridgehead atoms. The number of nitrogen functional groups attached to an aromatic ring is 1. The first-order valence-corrected chi connectivity index (χ1v) is 9.22. The maximum absolute atomic E-state index is 12.2. The third kappa shape index (κ3) is 4.04. The van der Waals surface area contributed by atoms with Gasteiger partial charge in [-0.2, -0.15) is 4.98 Å². The van der Waals surface area contributed by atoms with Gasteiger partial charge in [-0.1, -0.05) is 29.1 Å². The molecule has 1 aromatic carbocycles. The topological polar surface area (TPSA) is 111 Å². The van der Waals surface area contributed by atoms with Crippen LogP contribution < -0.4 is 15.5 Å². The number of benzene rings is 1. The van der Waals surface area contributed by atoms with E-state index < -0.39 is 0 Å². The number of anilines is 1. The number of piperidine rings is 1. The lowest BCUT2D eigenvalue weighted by Gasteiger charge is -2.30. The number of hydrogen-bond donors (Lipinski definition) is 2. The van der Waals surface area contributed by atoms with Crippen LogP contribution in [0.2, 0.25) is 0 Å². The second kappa shape index (κ2) is 7.96. The number of H-pyrrole nitrogens is 2. The number of amides is 1. The maximum Gasteiger partial charge on any atom is 0.415 e. The molecule has 3 heterocycles. The average molecular weight is 377 g/mol. The number of para-hydroxylation sites is 1. The van der Waals surface area contributed by atoms with Gasteiger partial charge in [0.25, 0.3) is 5.82 Å². The first-order valence-electron chi connectivity index (χ1n) is 9.22. The van der Waals surface area contributed by atoms with Gasteiger partial charge in [0.05, 0.1) is 0 Å². The molecule has 0 saturated carbocycles. The number of hydrogen-bond acceptors (Lipinski definition) is 5. The zero-order valence-electron chi connectivity index (χ0n) is 15.3. The van der Waals surface area contributed by atoms with Crippen LogP contribution in [-0.4, -0.2) is 39.0 Å². The summed E-state index contributed by atoms with van der Waals surface area (Å²) in [5, 5.41) is 0. The Balaban J connectivity index is 1.29. The third-order valence-corrected chi connectivity index (χ3v) is 4.77. The number of imidazole rings is 1. The monoisotopic (exact) mass is 377 g/mol. The Bertz CT molecular complexity index is 1030. The summed E-state index contributed by atoms with van der Waals surface area (Å²) < 4.78 is 5.39. The molecular weight excluding hydrogens is 356 g/mol. The number of carbonyl (C=O) groups excluding carboxylic acids is 1.